The SMILES string of the molecule is CC1(C)c2cc(N(c3ccc(-c4ccc(-n5c6ccccc6c6ccccc65)cc4)cc3)c3ccc(-c4cccc5c4oc4ccccc45)cc3)ccc2-c2ccc3c(c21)c1ccccc1n3-c1ccccc1. The number of nitrogens with zero attached hydrogens (tertiary/aromatic N) is 3. The molecule has 4 nitrogen and oxygen atoms in total. The van der Waals surface area contributed by atoms with E-state index in [9.17, 15) is 0 Å². The number of benzene rings is 11. The van der Waals surface area contributed by atoms with Gasteiger partial charge in [0.15, 0.2) is 0 Å². The van der Waals surface area contributed by atoms with Crippen LogP contribution in [0.15, 0.2) is 253 Å². The fourth-order valence-electron chi connectivity index (χ4n) is 12.4. The minimum atomic E-state index is -0.290. The van der Waals surface area contributed by atoms with Gasteiger partial charge in [0.1, 0.15) is 11.2 Å². The minimum Gasteiger partial charge on any atom is -0.455 e. The van der Waals surface area contributed by atoms with Crippen molar-refractivity contribution < 1.29 is 4.42 Å². The Hall–Kier alpha value is -9.38. The van der Waals surface area contributed by atoms with Crippen LogP contribution in [0.5, 0.6) is 0 Å². The van der Waals surface area contributed by atoms with Gasteiger partial charge in [-0.25, -0.2) is 0 Å². The average molecular weight is 934 g/mol. The molecule has 0 unspecified atom stereocenters. The quantitative estimate of drug-likeness (QED) is 0.159. The van der Waals surface area contributed by atoms with Crippen LogP contribution in [-0.2, 0) is 5.41 Å². The van der Waals surface area contributed by atoms with Crippen molar-refractivity contribution in [3.8, 4) is 44.8 Å². The third kappa shape index (κ3) is 6.20. The second-order valence-corrected chi connectivity index (χ2v) is 20.1. The number of aromatic nitrogens is 2. The summed E-state index contributed by atoms with van der Waals surface area (Å²) in [6.45, 7) is 4.82. The fourth-order valence-corrected chi connectivity index (χ4v) is 12.4. The van der Waals surface area contributed by atoms with Crippen molar-refractivity contribution in [1.29, 1.82) is 0 Å². The van der Waals surface area contributed by atoms with E-state index in [1.165, 1.54) is 77.1 Å². The maximum absolute atomic E-state index is 6.51. The molecular formula is C69H47N3O. The predicted octanol–water partition coefficient (Wildman–Crippen LogP) is 18.9. The van der Waals surface area contributed by atoms with Crippen molar-refractivity contribution in [3.63, 3.8) is 0 Å². The summed E-state index contributed by atoms with van der Waals surface area (Å²) in [7, 11) is 0. The lowest BCUT2D eigenvalue weighted by atomic mass is 9.80. The summed E-state index contributed by atoms with van der Waals surface area (Å²) in [5, 5.41) is 7.40. The second kappa shape index (κ2) is 15.8. The van der Waals surface area contributed by atoms with Gasteiger partial charge in [0.05, 0.1) is 22.1 Å². The average Bonchev–Trinajstić information content (AvgIpc) is 4.21. The van der Waals surface area contributed by atoms with E-state index >= 15 is 0 Å². The standard InChI is InChI=1S/C69H47N3O/c1-69(2)60-43-51(39-40-53(60)57-41-42-64-66(67(57)69)59-20-8-12-25-63(59)72(64)47-15-4-3-5-16-47)70(49-37-31-46(32-38-49)52-21-14-22-58-56-19-9-13-26-65(56)73-68(52)58)48-33-27-44(28-34-48)45-29-35-50(36-30-45)71-61-23-10-6-17-54(61)55-18-7-11-24-62(55)71/h3-43H,1-2H3. The molecule has 14 aromatic rings. The lowest BCUT2D eigenvalue weighted by Gasteiger charge is -2.28. The summed E-state index contributed by atoms with van der Waals surface area (Å²) in [5.41, 5.74) is 21.8. The second-order valence-electron chi connectivity index (χ2n) is 20.1. The Labute approximate surface area is 422 Å². The van der Waals surface area contributed by atoms with Crippen LogP contribution in [0.25, 0.3) is 110 Å². The number of para-hydroxylation sites is 6. The summed E-state index contributed by atoms with van der Waals surface area (Å²) in [6, 6.07) is 90.7. The molecule has 73 heavy (non-hydrogen) atoms. The van der Waals surface area contributed by atoms with E-state index in [1.54, 1.807) is 0 Å². The number of hydrogen-bond acceptors (Lipinski definition) is 2. The summed E-state index contributed by atoms with van der Waals surface area (Å²) < 4.78 is 11.3. The third-order valence-corrected chi connectivity index (χ3v) is 15.7. The highest BCUT2D eigenvalue weighted by atomic mass is 16.3. The van der Waals surface area contributed by atoms with Gasteiger partial charge >= 0.3 is 0 Å². The normalized spacial score (nSPS) is 12.9. The van der Waals surface area contributed by atoms with Crippen LogP contribution < -0.4 is 4.90 Å². The Bertz CT molecular complexity index is 4440. The first-order valence-electron chi connectivity index (χ1n) is 25.2. The monoisotopic (exact) mass is 933 g/mol. The van der Waals surface area contributed by atoms with Gasteiger partial charge in [0, 0.05) is 71.7 Å². The van der Waals surface area contributed by atoms with Gasteiger partial charge < -0.3 is 18.5 Å². The molecule has 0 spiro atoms. The molecule has 3 aromatic heterocycles. The van der Waals surface area contributed by atoms with E-state index in [1.807, 2.05) is 6.07 Å². The van der Waals surface area contributed by atoms with Crippen LogP contribution >= 0.6 is 0 Å². The van der Waals surface area contributed by atoms with Gasteiger partial charge in [-0.1, -0.05) is 172 Å². The molecule has 11 aromatic carbocycles. The van der Waals surface area contributed by atoms with Gasteiger partial charge in [0.2, 0.25) is 0 Å². The van der Waals surface area contributed by atoms with E-state index in [-0.39, 0.29) is 5.41 Å². The van der Waals surface area contributed by atoms with E-state index in [4.69, 9.17) is 4.42 Å². The van der Waals surface area contributed by atoms with Gasteiger partial charge in [0.25, 0.3) is 0 Å². The van der Waals surface area contributed by atoms with E-state index in [2.05, 4.69) is 271 Å². The van der Waals surface area contributed by atoms with Crippen LogP contribution in [0.4, 0.5) is 17.1 Å². The summed E-state index contributed by atoms with van der Waals surface area (Å²) >= 11 is 0. The van der Waals surface area contributed by atoms with E-state index < -0.39 is 0 Å². The molecule has 0 atom stereocenters. The molecule has 344 valence electrons. The molecule has 0 fully saturated rings. The van der Waals surface area contributed by atoms with Crippen molar-refractivity contribution in [2.24, 2.45) is 0 Å². The summed E-state index contributed by atoms with van der Waals surface area (Å²) in [5.74, 6) is 0. The predicted molar refractivity (Wildman–Crippen MR) is 306 cm³/mol. The Kier molecular flexibility index (Phi) is 8.97. The maximum atomic E-state index is 6.51. The Morgan fingerprint density at radius 3 is 1.55 bits per heavy atom. The Morgan fingerprint density at radius 1 is 0.356 bits per heavy atom. The largest absolute Gasteiger partial charge is 0.455 e. The number of fused-ring (bicyclic) bond motifs is 13. The lowest BCUT2D eigenvalue weighted by molar-refractivity contribution is 0.666. The van der Waals surface area contributed by atoms with Crippen molar-refractivity contribution in [2.45, 2.75) is 19.3 Å². The van der Waals surface area contributed by atoms with Crippen molar-refractivity contribution in [3.05, 3.63) is 260 Å². The zero-order valence-corrected chi connectivity index (χ0v) is 40.4. The van der Waals surface area contributed by atoms with Crippen LogP contribution in [0.2, 0.25) is 0 Å². The first kappa shape index (κ1) is 41.4. The van der Waals surface area contributed by atoms with Gasteiger partial charge in [-0.15, -0.1) is 0 Å². The summed E-state index contributed by atoms with van der Waals surface area (Å²) in [6.07, 6.45) is 0. The molecule has 0 N–H and O–H groups in total. The Morgan fingerprint density at radius 2 is 0.863 bits per heavy atom. The third-order valence-electron chi connectivity index (χ3n) is 15.7. The van der Waals surface area contributed by atoms with Crippen LogP contribution in [0.3, 0.4) is 0 Å². The number of hydrogen-bond donors (Lipinski definition) is 0. The van der Waals surface area contributed by atoms with E-state index in [0.29, 0.717) is 0 Å². The fraction of sp³-hybridized carbons (Fsp3) is 0.0435. The molecule has 0 saturated heterocycles. The molecule has 3 heterocycles. The minimum absolute atomic E-state index is 0.290. The molecule has 1 aliphatic rings. The maximum Gasteiger partial charge on any atom is 0.143 e. The molecule has 0 saturated carbocycles. The van der Waals surface area contributed by atoms with Crippen molar-refractivity contribution in [1.82, 2.24) is 9.13 Å². The first-order chi connectivity index (χ1) is 36.0. The molecule has 0 amide bonds. The molecule has 15 rings (SSSR count). The van der Waals surface area contributed by atoms with Crippen LogP contribution in [0.1, 0.15) is 25.0 Å². The molecule has 1 aliphatic carbocycles. The topological polar surface area (TPSA) is 26.2 Å². The van der Waals surface area contributed by atoms with Gasteiger partial charge in [-0.05, 0) is 130 Å². The molecule has 0 bridgehead atoms. The van der Waals surface area contributed by atoms with Crippen LogP contribution in [-0.4, -0.2) is 9.13 Å². The van der Waals surface area contributed by atoms with Crippen molar-refractivity contribution in [2.75, 3.05) is 4.90 Å². The molecule has 0 aliphatic heterocycles. The highest BCUT2D eigenvalue weighted by Gasteiger charge is 2.39. The number of furan rings is 1. The zero-order valence-electron chi connectivity index (χ0n) is 40.4. The van der Waals surface area contributed by atoms with Crippen LogP contribution in [0, 0.1) is 0 Å². The molecular weight excluding hydrogens is 887 g/mol. The van der Waals surface area contributed by atoms with E-state index in [0.717, 1.165) is 61.4 Å². The van der Waals surface area contributed by atoms with Gasteiger partial charge in [-0.3, -0.25) is 0 Å². The Balaban J connectivity index is 0.841. The van der Waals surface area contributed by atoms with Gasteiger partial charge in [-0.2, -0.15) is 0 Å². The lowest BCUT2D eigenvalue weighted by Crippen LogP contribution is -2.17. The zero-order chi connectivity index (χ0) is 48.4. The molecule has 4 heteroatoms. The first-order valence-corrected chi connectivity index (χ1v) is 25.2. The van der Waals surface area contributed by atoms with Crippen molar-refractivity contribution >= 4 is 82.6 Å². The molecule has 0 radical (unpaired) electrons. The summed E-state index contributed by atoms with van der Waals surface area (Å²) in [4.78, 5) is 2.41. The highest BCUT2D eigenvalue weighted by Crippen LogP contribution is 2.55. The highest BCUT2D eigenvalue weighted by molar-refractivity contribution is 6.15. The number of anilines is 3. The smallest absolute Gasteiger partial charge is 0.143 e. The number of rotatable bonds is 7.